The van der Waals surface area contributed by atoms with Crippen LogP contribution in [0.5, 0.6) is 0 Å². The highest BCUT2D eigenvalue weighted by molar-refractivity contribution is 7.21. The van der Waals surface area contributed by atoms with E-state index in [1.165, 1.54) is 6.33 Å². The van der Waals surface area contributed by atoms with E-state index < -0.39 is 0 Å². The lowest BCUT2D eigenvalue weighted by Gasteiger charge is -1.92. The second kappa shape index (κ2) is 2.18. The minimum absolute atomic E-state index is 0.320. The smallest absolute Gasteiger partial charge is 0.291 e. The van der Waals surface area contributed by atoms with Crippen LogP contribution in [0.2, 0.25) is 0 Å². The quantitative estimate of drug-likeness (QED) is 0.518. The standard InChI is InChI=1S/C5H5N5OS/c6-5-9-3-2(12-5)4(11)10(7)1-8-3/h1H,7H2,(H2,6,9). The maximum absolute atomic E-state index is 11.3. The summed E-state index contributed by atoms with van der Waals surface area (Å²) in [6.45, 7) is 0. The summed E-state index contributed by atoms with van der Waals surface area (Å²) in [6, 6.07) is 0. The molecule has 0 aliphatic carbocycles. The number of fused-ring (bicyclic) bond motifs is 1. The number of hydrogen-bond acceptors (Lipinski definition) is 6. The van der Waals surface area contributed by atoms with Crippen LogP contribution in [-0.4, -0.2) is 14.6 Å². The summed E-state index contributed by atoms with van der Waals surface area (Å²) < 4.78 is 1.29. The molecule has 6 nitrogen and oxygen atoms in total. The Morgan fingerprint density at radius 3 is 3.08 bits per heavy atom. The van der Waals surface area contributed by atoms with Crippen LogP contribution in [0.1, 0.15) is 0 Å². The molecular weight excluding hydrogens is 178 g/mol. The zero-order valence-electron chi connectivity index (χ0n) is 5.89. The van der Waals surface area contributed by atoms with E-state index in [2.05, 4.69) is 9.97 Å². The Bertz CT molecular complexity index is 486. The van der Waals surface area contributed by atoms with Crippen LogP contribution in [0.15, 0.2) is 11.1 Å². The second-order valence-electron chi connectivity index (χ2n) is 2.16. The molecule has 2 heterocycles. The topological polar surface area (TPSA) is 99.8 Å². The fraction of sp³-hybridized carbons (Fsp3) is 0. The molecule has 0 aliphatic rings. The van der Waals surface area contributed by atoms with Gasteiger partial charge in [0.05, 0.1) is 0 Å². The molecule has 0 spiro atoms. The van der Waals surface area contributed by atoms with Gasteiger partial charge in [0.15, 0.2) is 10.8 Å². The maximum Gasteiger partial charge on any atom is 0.291 e. The van der Waals surface area contributed by atoms with Gasteiger partial charge in [-0.25, -0.2) is 14.6 Å². The molecule has 2 aromatic rings. The highest BCUT2D eigenvalue weighted by atomic mass is 32.1. The molecule has 0 atom stereocenters. The zero-order valence-corrected chi connectivity index (χ0v) is 6.71. The average molecular weight is 183 g/mol. The first-order valence-corrected chi connectivity index (χ1v) is 3.89. The highest BCUT2D eigenvalue weighted by Crippen LogP contribution is 2.16. The maximum atomic E-state index is 11.3. The van der Waals surface area contributed by atoms with Gasteiger partial charge in [-0.2, -0.15) is 0 Å². The van der Waals surface area contributed by atoms with Gasteiger partial charge in [-0.15, -0.1) is 0 Å². The Labute approximate surface area is 70.4 Å². The van der Waals surface area contributed by atoms with Crippen molar-refractivity contribution < 1.29 is 0 Å². The van der Waals surface area contributed by atoms with Crippen molar-refractivity contribution in [3.05, 3.63) is 16.7 Å². The molecule has 7 heteroatoms. The van der Waals surface area contributed by atoms with Gasteiger partial charge >= 0.3 is 0 Å². The van der Waals surface area contributed by atoms with Crippen molar-refractivity contribution in [3.63, 3.8) is 0 Å². The van der Waals surface area contributed by atoms with Crippen molar-refractivity contribution in [2.75, 3.05) is 11.6 Å². The molecule has 0 bridgehead atoms. The summed E-state index contributed by atoms with van der Waals surface area (Å²) in [7, 11) is 0. The van der Waals surface area contributed by atoms with E-state index in [-0.39, 0.29) is 5.56 Å². The van der Waals surface area contributed by atoms with Crippen molar-refractivity contribution in [3.8, 4) is 0 Å². The Kier molecular flexibility index (Phi) is 1.28. The van der Waals surface area contributed by atoms with Crippen LogP contribution in [0.3, 0.4) is 0 Å². The van der Waals surface area contributed by atoms with E-state index in [4.69, 9.17) is 11.6 Å². The van der Waals surface area contributed by atoms with E-state index >= 15 is 0 Å². The number of rotatable bonds is 0. The van der Waals surface area contributed by atoms with Gasteiger partial charge in [0.1, 0.15) is 11.0 Å². The lowest BCUT2D eigenvalue weighted by atomic mass is 10.6. The molecule has 0 aromatic carbocycles. The molecule has 0 fully saturated rings. The second-order valence-corrected chi connectivity index (χ2v) is 3.19. The summed E-state index contributed by atoms with van der Waals surface area (Å²) in [5.41, 5.74) is 5.41. The van der Waals surface area contributed by atoms with Crippen molar-refractivity contribution in [1.29, 1.82) is 0 Å². The van der Waals surface area contributed by atoms with Gasteiger partial charge in [-0.1, -0.05) is 11.3 Å². The number of nitrogen functional groups attached to an aromatic ring is 2. The third kappa shape index (κ3) is 0.832. The van der Waals surface area contributed by atoms with Crippen LogP contribution in [-0.2, 0) is 0 Å². The van der Waals surface area contributed by atoms with Gasteiger partial charge in [0.2, 0.25) is 0 Å². The molecule has 0 saturated heterocycles. The van der Waals surface area contributed by atoms with Crippen LogP contribution < -0.4 is 17.1 Å². The van der Waals surface area contributed by atoms with Crippen molar-refractivity contribution in [2.24, 2.45) is 0 Å². The van der Waals surface area contributed by atoms with Gasteiger partial charge in [0.25, 0.3) is 5.56 Å². The fourth-order valence-corrected chi connectivity index (χ4v) is 1.57. The van der Waals surface area contributed by atoms with Crippen LogP contribution in [0.4, 0.5) is 5.13 Å². The first-order valence-electron chi connectivity index (χ1n) is 3.07. The van der Waals surface area contributed by atoms with Gasteiger partial charge in [0, 0.05) is 0 Å². The number of hydrogen-bond donors (Lipinski definition) is 2. The molecule has 0 amide bonds. The predicted octanol–water partition coefficient (Wildman–Crippen LogP) is -0.851. The molecule has 0 unspecified atom stereocenters. The van der Waals surface area contributed by atoms with E-state index in [9.17, 15) is 4.79 Å². The number of thiazole rings is 1. The zero-order chi connectivity index (χ0) is 8.72. The van der Waals surface area contributed by atoms with Gasteiger partial charge in [-0.05, 0) is 0 Å². The summed E-state index contributed by atoms with van der Waals surface area (Å²) >= 11 is 1.08. The molecular formula is C5H5N5OS. The molecule has 4 N–H and O–H groups in total. The Balaban J connectivity index is 2.99. The molecule has 0 radical (unpaired) electrons. The third-order valence-corrected chi connectivity index (χ3v) is 2.22. The number of anilines is 1. The Morgan fingerprint density at radius 2 is 2.33 bits per heavy atom. The normalized spacial score (nSPS) is 10.7. The van der Waals surface area contributed by atoms with E-state index in [1.807, 2.05) is 0 Å². The molecule has 62 valence electrons. The number of nitrogens with zero attached hydrogens (tertiary/aromatic N) is 3. The summed E-state index contributed by atoms with van der Waals surface area (Å²) in [5, 5.41) is 0.320. The summed E-state index contributed by atoms with van der Waals surface area (Å²) in [5.74, 6) is 5.27. The fourth-order valence-electron chi connectivity index (χ4n) is 0.842. The Hall–Kier alpha value is -1.63. The molecule has 0 saturated carbocycles. The first kappa shape index (κ1) is 7.04. The van der Waals surface area contributed by atoms with E-state index in [1.54, 1.807) is 0 Å². The summed E-state index contributed by atoms with van der Waals surface area (Å²) in [6.07, 6.45) is 1.21. The lowest BCUT2D eigenvalue weighted by Crippen LogP contribution is -2.26. The predicted molar refractivity (Wildman–Crippen MR) is 46.2 cm³/mol. The number of nitrogens with two attached hydrogens (primary N) is 2. The SMILES string of the molecule is Nc1nc2ncn(N)c(=O)c2s1. The largest absolute Gasteiger partial charge is 0.375 e. The van der Waals surface area contributed by atoms with E-state index in [0.29, 0.717) is 15.5 Å². The van der Waals surface area contributed by atoms with Gasteiger partial charge in [-0.3, -0.25) is 4.79 Å². The molecule has 2 rings (SSSR count). The van der Waals surface area contributed by atoms with Crippen LogP contribution in [0.25, 0.3) is 10.3 Å². The lowest BCUT2D eigenvalue weighted by molar-refractivity contribution is 0.913. The first-order chi connectivity index (χ1) is 5.68. The van der Waals surface area contributed by atoms with E-state index in [0.717, 1.165) is 16.0 Å². The monoisotopic (exact) mass is 183 g/mol. The van der Waals surface area contributed by atoms with Crippen molar-refractivity contribution >= 4 is 26.8 Å². The summed E-state index contributed by atoms with van der Waals surface area (Å²) in [4.78, 5) is 18.9. The molecule has 0 aliphatic heterocycles. The van der Waals surface area contributed by atoms with Crippen molar-refractivity contribution in [1.82, 2.24) is 14.6 Å². The highest BCUT2D eigenvalue weighted by Gasteiger charge is 2.06. The average Bonchev–Trinajstić information content (AvgIpc) is 2.39. The molecule has 2 aromatic heterocycles. The van der Waals surface area contributed by atoms with Crippen LogP contribution >= 0.6 is 11.3 Å². The minimum Gasteiger partial charge on any atom is -0.375 e. The van der Waals surface area contributed by atoms with Crippen LogP contribution in [0, 0.1) is 0 Å². The third-order valence-electron chi connectivity index (χ3n) is 1.36. The van der Waals surface area contributed by atoms with Gasteiger partial charge < -0.3 is 11.6 Å². The Morgan fingerprint density at radius 1 is 1.58 bits per heavy atom. The number of aromatic nitrogens is 3. The molecule has 12 heavy (non-hydrogen) atoms. The van der Waals surface area contributed by atoms with Crippen molar-refractivity contribution in [2.45, 2.75) is 0 Å². The minimum atomic E-state index is -0.325.